The molecule has 4 atom stereocenters. The third kappa shape index (κ3) is 9.08. The third-order valence-electron chi connectivity index (χ3n) is 9.30. The molecular formula is C42H44N8O4. The molecular weight excluding hydrogens is 681 g/mol. The Morgan fingerprint density at radius 3 is 2.28 bits per heavy atom. The van der Waals surface area contributed by atoms with Crippen LogP contribution < -0.4 is 16.0 Å². The number of imidazole rings is 2. The number of allylic oxidation sites excluding steroid dienone is 5. The molecule has 0 saturated carbocycles. The van der Waals surface area contributed by atoms with Gasteiger partial charge in [0, 0.05) is 17.7 Å². The maximum absolute atomic E-state index is 13.4. The van der Waals surface area contributed by atoms with Crippen LogP contribution in [0.15, 0.2) is 122 Å². The van der Waals surface area contributed by atoms with Crippen molar-refractivity contribution in [2.45, 2.75) is 57.2 Å². The summed E-state index contributed by atoms with van der Waals surface area (Å²) >= 11 is 0. The van der Waals surface area contributed by atoms with Crippen LogP contribution in [0.1, 0.15) is 84.9 Å². The van der Waals surface area contributed by atoms with E-state index in [1.807, 2.05) is 62.4 Å². The van der Waals surface area contributed by atoms with Gasteiger partial charge in [0.2, 0.25) is 11.8 Å². The average Bonchev–Trinajstić information content (AvgIpc) is 3.85. The largest absolute Gasteiger partial charge is 0.453 e. The average molecular weight is 725 g/mol. The van der Waals surface area contributed by atoms with Gasteiger partial charge in [-0.3, -0.25) is 14.6 Å². The highest BCUT2D eigenvalue weighted by Crippen LogP contribution is 2.33. The van der Waals surface area contributed by atoms with E-state index in [2.05, 4.69) is 60.7 Å². The first-order valence-corrected chi connectivity index (χ1v) is 17.9. The highest BCUT2D eigenvalue weighted by molar-refractivity contribution is 5.87. The molecule has 2 aromatic carbocycles. The highest BCUT2D eigenvalue weighted by Gasteiger charge is 2.27. The van der Waals surface area contributed by atoms with Crippen molar-refractivity contribution in [2.24, 2.45) is 0 Å². The van der Waals surface area contributed by atoms with Crippen LogP contribution in [0.25, 0.3) is 16.8 Å². The van der Waals surface area contributed by atoms with Gasteiger partial charge in [0.25, 0.3) is 0 Å². The minimum atomic E-state index is -0.941. The van der Waals surface area contributed by atoms with Crippen molar-refractivity contribution in [1.29, 1.82) is 0 Å². The van der Waals surface area contributed by atoms with E-state index in [0.717, 1.165) is 39.4 Å². The summed E-state index contributed by atoms with van der Waals surface area (Å²) in [6.45, 7) is 8.22. The van der Waals surface area contributed by atoms with Gasteiger partial charge < -0.3 is 30.7 Å². The van der Waals surface area contributed by atoms with Crippen molar-refractivity contribution >= 4 is 23.5 Å². The number of amides is 3. The lowest BCUT2D eigenvalue weighted by molar-refractivity contribution is -0.124. The van der Waals surface area contributed by atoms with Gasteiger partial charge in [0.05, 0.1) is 55.1 Å². The first kappa shape index (κ1) is 37.2. The molecule has 2 unspecified atom stereocenters. The number of carbonyl (C=O) groups is 3. The Labute approximate surface area is 314 Å². The number of ether oxygens (including phenoxy) is 1. The van der Waals surface area contributed by atoms with Gasteiger partial charge in [0.1, 0.15) is 17.7 Å². The normalized spacial score (nSPS) is 15.6. The molecule has 276 valence electrons. The lowest BCUT2D eigenvalue weighted by Crippen LogP contribution is -2.41. The molecule has 54 heavy (non-hydrogen) atoms. The van der Waals surface area contributed by atoms with Crippen molar-refractivity contribution in [3.63, 3.8) is 0 Å². The van der Waals surface area contributed by atoms with E-state index < -0.39 is 18.2 Å². The topological polar surface area (TPSA) is 167 Å². The summed E-state index contributed by atoms with van der Waals surface area (Å²) in [7, 11) is 1.25. The van der Waals surface area contributed by atoms with Crippen LogP contribution in [0.5, 0.6) is 0 Å². The molecule has 0 radical (unpaired) electrons. The number of pyridine rings is 1. The fourth-order valence-corrected chi connectivity index (χ4v) is 6.28. The first-order valence-electron chi connectivity index (χ1n) is 17.9. The molecule has 0 saturated heterocycles. The minimum Gasteiger partial charge on any atom is -0.453 e. The number of aromatic amines is 2. The van der Waals surface area contributed by atoms with Crippen LogP contribution in [-0.2, 0) is 20.7 Å². The van der Waals surface area contributed by atoms with Gasteiger partial charge in [-0.15, -0.1) is 0 Å². The molecule has 5 aromatic rings. The molecule has 0 fully saturated rings. The summed E-state index contributed by atoms with van der Waals surface area (Å²) in [5.74, 6) is 0.712. The summed E-state index contributed by atoms with van der Waals surface area (Å²) < 4.78 is 4.75. The molecule has 6 rings (SSSR count). The van der Waals surface area contributed by atoms with Crippen LogP contribution in [-0.4, -0.2) is 49.9 Å². The number of alkyl carbamates (subject to hydrolysis) is 1. The fraction of sp³-hybridized carbons (Fsp3) is 0.238. The molecule has 0 aliphatic heterocycles. The molecule has 0 spiro atoms. The Morgan fingerprint density at radius 1 is 0.870 bits per heavy atom. The number of H-pyrrole nitrogens is 2. The van der Waals surface area contributed by atoms with E-state index in [1.165, 1.54) is 7.11 Å². The summed E-state index contributed by atoms with van der Waals surface area (Å²) in [4.78, 5) is 58.7. The second-order valence-corrected chi connectivity index (χ2v) is 13.1. The Kier molecular flexibility index (Phi) is 11.9. The molecule has 1 aliphatic carbocycles. The zero-order valence-corrected chi connectivity index (χ0v) is 30.5. The summed E-state index contributed by atoms with van der Waals surface area (Å²) in [6, 6.07) is 20.9. The predicted molar refractivity (Wildman–Crippen MR) is 207 cm³/mol. The van der Waals surface area contributed by atoms with Crippen LogP contribution in [0, 0.1) is 0 Å². The van der Waals surface area contributed by atoms with Crippen LogP contribution in [0.2, 0.25) is 0 Å². The Bertz CT molecular complexity index is 2140. The molecule has 3 amide bonds. The molecule has 3 aromatic heterocycles. The number of rotatable bonds is 13. The second-order valence-electron chi connectivity index (χ2n) is 13.1. The summed E-state index contributed by atoms with van der Waals surface area (Å²) in [5.41, 5.74) is 6.88. The van der Waals surface area contributed by atoms with Crippen molar-refractivity contribution in [3.05, 3.63) is 156 Å². The van der Waals surface area contributed by atoms with Crippen LogP contribution >= 0.6 is 0 Å². The maximum Gasteiger partial charge on any atom is 0.407 e. The number of nitrogens with zero attached hydrogens (tertiary/aromatic N) is 3. The zero-order valence-electron chi connectivity index (χ0n) is 30.5. The van der Waals surface area contributed by atoms with E-state index in [9.17, 15) is 14.4 Å². The van der Waals surface area contributed by atoms with E-state index >= 15 is 0 Å². The van der Waals surface area contributed by atoms with E-state index in [-0.39, 0.29) is 23.8 Å². The number of aromatic nitrogens is 5. The highest BCUT2D eigenvalue weighted by atomic mass is 16.5. The summed E-state index contributed by atoms with van der Waals surface area (Å²) in [6.07, 6.45) is 12.4. The van der Waals surface area contributed by atoms with Crippen molar-refractivity contribution < 1.29 is 19.1 Å². The molecule has 12 heteroatoms. The van der Waals surface area contributed by atoms with E-state index in [1.54, 1.807) is 42.9 Å². The van der Waals surface area contributed by atoms with Crippen LogP contribution in [0.3, 0.4) is 0 Å². The molecule has 5 N–H and O–H groups in total. The monoisotopic (exact) mass is 724 g/mol. The maximum atomic E-state index is 13.4. The van der Waals surface area contributed by atoms with Gasteiger partial charge in [-0.05, 0) is 48.6 Å². The van der Waals surface area contributed by atoms with Gasteiger partial charge in [-0.2, -0.15) is 0 Å². The third-order valence-corrected chi connectivity index (χ3v) is 9.30. The lowest BCUT2D eigenvalue weighted by atomic mass is 9.94. The molecule has 12 nitrogen and oxygen atoms in total. The molecule has 3 heterocycles. The van der Waals surface area contributed by atoms with E-state index in [0.29, 0.717) is 36.5 Å². The molecule has 0 bridgehead atoms. The van der Waals surface area contributed by atoms with Crippen molar-refractivity contribution in [3.8, 4) is 11.3 Å². The smallest absolute Gasteiger partial charge is 0.407 e. The van der Waals surface area contributed by atoms with Crippen LogP contribution in [0.4, 0.5) is 4.79 Å². The van der Waals surface area contributed by atoms with Crippen molar-refractivity contribution in [2.75, 3.05) is 7.11 Å². The van der Waals surface area contributed by atoms with Crippen molar-refractivity contribution in [1.82, 2.24) is 40.9 Å². The Hall–Kier alpha value is -6.56. The number of nitrogens with one attached hydrogen (secondary N) is 5. The van der Waals surface area contributed by atoms with E-state index in [4.69, 9.17) is 9.72 Å². The Morgan fingerprint density at radius 2 is 1.57 bits per heavy atom. The number of methoxy groups -OCH3 is 1. The lowest BCUT2D eigenvalue weighted by Gasteiger charge is -2.21. The standard InChI is InChI=1S/C42H44N8O4/c1-5-33(49-41(52)38(50-42(53)54-4)30-14-10-7-11-15-30)40-45-25-36(48-40)31-19-21-34(43-23-31)32-20-18-29(17-16-26(32)2)35-24-44-39(47-35)27(3)46-37(51)22-28-12-8-6-9-13-28/h6-15,17-21,23-25,27,32-33,38H,2,5,16,22H2,1,3-4H3,(H,44,47)(H,45,48)(H,46,51)(H,49,52)(H,50,53)/t27-,32?,33-,38?/m0/s1. The predicted octanol–water partition coefficient (Wildman–Crippen LogP) is 6.96. The van der Waals surface area contributed by atoms with Gasteiger partial charge in [-0.1, -0.05) is 98.0 Å². The van der Waals surface area contributed by atoms with Gasteiger partial charge in [-0.25, -0.2) is 14.8 Å². The number of benzene rings is 2. The minimum absolute atomic E-state index is 0.0661. The quantitative estimate of drug-likeness (QED) is 0.0819. The number of carbonyl (C=O) groups excluding carboxylic acids is 3. The Balaban J connectivity index is 1.09. The fourth-order valence-electron chi connectivity index (χ4n) is 6.28. The number of hydrogen-bond donors (Lipinski definition) is 5. The first-order chi connectivity index (χ1) is 26.2. The SMILES string of the molecule is C=C1CC=C(c2cnc([C@H](C)NC(=O)Cc3ccccc3)[nH]2)C=CC1c1ccc(-c2cnc([C@H](CC)NC(=O)C(NC(=O)OC)c3ccccc3)[nH]2)cn1. The second kappa shape index (κ2) is 17.3. The molecule has 1 aliphatic rings. The zero-order chi connectivity index (χ0) is 38.0. The van der Waals surface area contributed by atoms with Gasteiger partial charge >= 0.3 is 6.09 Å². The van der Waals surface area contributed by atoms with Gasteiger partial charge in [0.15, 0.2) is 0 Å². The summed E-state index contributed by atoms with van der Waals surface area (Å²) in [5, 5.41) is 8.66. The number of hydrogen-bond acceptors (Lipinski definition) is 7.